The molecule has 25 heteroatoms. The molecule has 0 unspecified atom stereocenters. The van der Waals surface area contributed by atoms with Crippen LogP contribution in [0.5, 0.6) is 11.5 Å². The van der Waals surface area contributed by atoms with Crippen molar-refractivity contribution in [3.8, 4) is 11.5 Å². The van der Waals surface area contributed by atoms with Gasteiger partial charge in [-0.05, 0) is 80.4 Å². The Morgan fingerprint density at radius 1 is 0.449 bits per heavy atom. The molecule has 0 aliphatic rings. The predicted molar refractivity (Wildman–Crippen MR) is 189 cm³/mol. The van der Waals surface area contributed by atoms with E-state index in [1.807, 2.05) is 0 Å². The first-order valence-corrected chi connectivity index (χ1v) is 21.0. The molecule has 4 aromatic carbocycles. The van der Waals surface area contributed by atoms with Crippen molar-refractivity contribution in [3.63, 3.8) is 0 Å². The van der Waals surface area contributed by atoms with E-state index in [1.54, 1.807) is 0 Å². The van der Waals surface area contributed by atoms with E-state index >= 15 is 0 Å². The first-order valence-electron chi connectivity index (χ1n) is 11.5. The Balaban J connectivity index is 0.000000333. The molecule has 0 aliphatic carbocycles. The predicted octanol–water partition coefficient (Wildman–Crippen LogP) is 7.78. The van der Waals surface area contributed by atoms with Gasteiger partial charge in [0, 0.05) is 21.1 Å². The van der Waals surface area contributed by atoms with Crippen LogP contribution in [0.4, 0.5) is 0 Å². The number of hydrogen-bond donors (Lipinski definition) is 0. The van der Waals surface area contributed by atoms with Gasteiger partial charge in [0.2, 0.25) is 0 Å². The average Bonchev–Trinajstić information content (AvgIpc) is 2.93. The van der Waals surface area contributed by atoms with Crippen molar-refractivity contribution in [2.24, 2.45) is 0 Å². The minimum atomic E-state index is -4.83. The van der Waals surface area contributed by atoms with E-state index in [4.69, 9.17) is 78.0 Å². The van der Waals surface area contributed by atoms with Gasteiger partial charge in [-0.2, -0.15) is 16.8 Å². The molecule has 0 saturated carbocycles. The second-order valence-electron chi connectivity index (χ2n) is 8.56. The summed E-state index contributed by atoms with van der Waals surface area (Å²) in [5, 5.41) is -0.520. The van der Waals surface area contributed by atoms with E-state index in [1.165, 1.54) is 0 Å². The Kier molecular flexibility index (Phi) is 16.2. The molecule has 12 nitrogen and oxygen atoms in total. The molecule has 0 fully saturated rings. The Hall–Kier alpha value is 0.160. The van der Waals surface area contributed by atoms with Crippen molar-refractivity contribution in [2.75, 3.05) is 0 Å². The fourth-order valence-electron chi connectivity index (χ4n) is 3.19. The smallest absolute Gasteiger partial charge is 0.744 e. The number of rotatable bonds is 8. The van der Waals surface area contributed by atoms with Gasteiger partial charge in [0.05, 0.1) is 39.9 Å². The fourth-order valence-corrected chi connectivity index (χ4v) is 9.81. The van der Waals surface area contributed by atoms with Gasteiger partial charge in [-0.25, -0.2) is 16.8 Å². The second kappa shape index (κ2) is 17.5. The third-order valence-corrected chi connectivity index (χ3v) is 13.8. The van der Waals surface area contributed by atoms with Crippen LogP contribution in [0.15, 0.2) is 89.2 Å². The molecule has 4 aromatic rings. The minimum absolute atomic E-state index is 0. The molecule has 0 radical (unpaired) electrons. The molecule has 0 aromatic heterocycles. The molecule has 0 atom stereocenters. The van der Waals surface area contributed by atoms with Gasteiger partial charge < -0.3 is 17.5 Å². The Labute approximate surface area is 356 Å². The van der Waals surface area contributed by atoms with Gasteiger partial charge >= 0.3 is 58.0 Å². The van der Waals surface area contributed by atoms with Crippen molar-refractivity contribution in [3.05, 3.63) is 99.7 Å². The maximum atomic E-state index is 12.3. The summed E-state index contributed by atoms with van der Waals surface area (Å²) in [6.45, 7) is 0. The molecule has 0 aliphatic heterocycles. The van der Waals surface area contributed by atoms with Crippen LogP contribution in [0, 0.1) is 0 Å². The number of hydrogen-bond acceptors (Lipinski definition) is 12. The molecular formula is C24H10Br2CaCl6O12S4. The van der Waals surface area contributed by atoms with Crippen LogP contribution in [-0.4, -0.2) is 80.5 Å². The third kappa shape index (κ3) is 12.1. The van der Waals surface area contributed by atoms with E-state index in [0.29, 0.717) is 0 Å². The molecule has 0 heterocycles. The van der Waals surface area contributed by atoms with Crippen LogP contribution in [0.2, 0.25) is 30.1 Å². The Bertz CT molecular complexity index is 2220. The number of benzene rings is 4. The van der Waals surface area contributed by atoms with E-state index in [0.717, 1.165) is 60.7 Å². The van der Waals surface area contributed by atoms with Gasteiger partial charge in [-0.15, -0.1) is 0 Å². The quantitative estimate of drug-likeness (QED) is 0.0719. The topological polar surface area (TPSA) is 201 Å². The summed E-state index contributed by atoms with van der Waals surface area (Å²) < 4.78 is 126. The molecule has 260 valence electrons. The Morgan fingerprint density at radius 2 is 0.735 bits per heavy atom. The maximum Gasteiger partial charge on any atom is 2.00 e. The van der Waals surface area contributed by atoms with Crippen LogP contribution in [0.3, 0.4) is 0 Å². The summed E-state index contributed by atoms with van der Waals surface area (Å²) in [6, 6.07) is 10.4. The average molecular weight is 1030 g/mol. The summed E-state index contributed by atoms with van der Waals surface area (Å²) >= 11 is 40.4. The zero-order chi connectivity index (χ0) is 36.6. The van der Waals surface area contributed by atoms with Crippen LogP contribution in [-0.2, 0) is 40.5 Å². The molecule has 0 N–H and O–H groups in total. The summed E-state index contributed by atoms with van der Waals surface area (Å²) in [7, 11) is -18.6. The molecule has 0 spiro atoms. The van der Waals surface area contributed by atoms with Crippen molar-refractivity contribution in [1.29, 1.82) is 0 Å². The standard InChI is InChI=1S/2C12H6BrCl3O6S2.Ca/c2*13-7-2-1-6(3-11(7)23(17,18)19)22-24(20,21)12-5-9(15)8(14)4-10(12)16;/h2*1-5H,(H,17,18,19);/q;;+2/p-2. The van der Waals surface area contributed by atoms with Gasteiger partial charge in [0.15, 0.2) is 0 Å². The molecule has 49 heavy (non-hydrogen) atoms. The molecule has 0 amide bonds. The largest absolute Gasteiger partial charge is 2.00 e. The summed E-state index contributed by atoms with van der Waals surface area (Å²) in [4.78, 5) is -2.27. The van der Waals surface area contributed by atoms with Gasteiger partial charge in [0.25, 0.3) is 0 Å². The van der Waals surface area contributed by atoms with Crippen molar-refractivity contribution >= 4 is 180 Å². The normalized spacial score (nSPS) is 12.0. The summed E-state index contributed by atoms with van der Waals surface area (Å²) in [5.41, 5.74) is 0. The van der Waals surface area contributed by atoms with E-state index in [-0.39, 0.29) is 76.8 Å². The Morgan fingerprint density at radius 3 is 1.02 bits per heavy atom. The second-order valence-corrected chi connectivity index (χ2v) is 18.4. The van der Waals surface area contributed by atoms with Crippen molar-refractivity contribution < 1.29 is 51.1 Å². The third-order valence-electron chi connectivity index (χ3n) is 5.24. The van der Waals surface area contributed by atoms with Gasteiger partial charge in [0.1, 0.15) is 41.5 Å². The van der Waals surface area contributed by atoms with Gasteiger partial charge in [-0.3, -0.25) is 0 Å². The fraction of sp³-hybridized carbons (Fsp3) is 0. The molecule has 0 bridgehead atoms. The van der Waals surface area contributed by atoms with Crippen LogP contribution in [0.25, 0.3) is 0 Å². The first-order chi connectivity index (χ1) is 21.8. The number of halogens is 8. The van der Waals surface area contributed by atoms with Crippen molar-refractivity contribution in [2.45, 2.75) is 19.6 Å². The maximum absolute atomic E-state index is 12.3. The first kappa shape index (κ1) is 45.3. The molecule has 4 rings (SSSR count). The van der Waals surface area contributed by atoms with E-state index in [9.17, 15) is 42.8 Å². The van der Waals surface area contributed by atoms with E-state index in [2.05, 4.69) is 31.9 Å². The van der Waals surface area contributed by atoms with Crippen LogP contribution >= 0.6 is 101 Å². The van der Waals surface area contributed by atoms with Crippen molar-refractivity contribution in [1.82, 2.24) is 0 Å². The van der Waals surface area contributed by atoms with Crippen LogP contribution < -0.4 is 8.37 Å². The summed E-state index contributed by atoms with van der Waals surface area (Å²) in [6.07, 6.45) is 0. The van der Waals surface area contributed by atoms with Gasteiger partial charge in [-0.1, -0.05) is 69.6 Å². The monoisotopic (exact) mass is 1030 g/mol. The minimum Gasteiger partial charge on any atom is -0.744 e. The zero-order valence-electron chi connectivity index (χ0n) is 23.0. The molecule has 0 saturated heterocycles. The van der Waals surface area contributed by atoms with E-state index < -0.39 is 71.6 Å². The summed E-state index contributed by atoms with van der Waals surface area (Å²) in [5.74, 6) is -0.787. The SMILES string of the molecule is O=S(=O)([O-])c1cc(OS(=O)(=O)c2cc(Cl)c(Cl)cc2Cl)ccc1Br.O=S(=O)([O-])c1cc(OS(=O)(=O)c2cc(Cl)c(Cl)cc2Cl)ccc1Br.[Ca+2]. The molecular weight excluding hydrogens is 1020 g/mol. The van der Waals surface area contributed by atoms with Crippen LogP contribution in [0.1, 0.15) is 0 Å². The zero-order valence-corrected chi connectivity index (χ0v) is 36.2.